The number of benzene rings is 2. The van der Waals surface area contributed by atoms with E-state index < -0.39 is 12.1 Å². The summed E-state index contributed by atoms with van der Waals surface area (Å²) in [4.78, 5) is 29.5. The number of ether oxygens (including phenoxy) is 3. The fourth-order valence-electron chi connectivity index (χ4n) is 3.10. The summed E-state index contributed by atoms with van der Waals surface area (Å²) >= 11 is 6.85. The molecule has 0 spiro atoms. The van der Waals surface area contributed by atoms with Crippen LogP contribution in [0.5, 0.6) is 11.5 Å². The third-order valence-electron chi connectivity index (χ3n) is 4.75. The standard InChI is InChI=1S/C23H23Br2N3O5/c1-12(2)21-27-18-7-6-15(24)10-16(18)22(29)28(21)26-11-14-8-17(25)20(19(9-14)31-4)33-13(3)23(30)32-5/h6-13H,1-5H3/t13-/m0/s1. The van der Waals surface area contributed by atoms with E-state index in [1.165, 1.54) is 18.9 Å². The molecule has 33 heavy (non-hydrogen) atoms. The molecule has 0 fully saturated rings. The highest BCUT2D eigenvalue weighted by molar-refractivity contribution is 9.10. The van der Waals surface area contributed by atoms with Crippen molar-refractivity contribution in [2.75, 3.05) is 14.2 Å². The van der Waals surface area contributed by atoms with Crippen molar-refractivity contribution in [2.24, 2.45) is 5.10 Å². The van der Waals surface area contributed by atoms with Crippen LogP contribution in [0, 0.1) is 0 Å². The maximum Gasteiger partial charge on any atom is 0.346 e. The van der Waals surface area contributed by atoms with Crippen molar-refractivity contribution in [1.82, 2.24) is 9.66 Å². The fourth-order valence-corrected chi connectivity index (χ4v) is 4.01. The molecule has 10 heteroatoms. The topological polar surface area (TPSA) is 92.0 Å². The molecule has 0 unspecified atom stereocenters. The molecule has 1 heterocycles. The number of methoxy groups -OCH3 is 2. The van der Waals surface area contributed by atoms with Crippen LogP contribution in [-0.4, -0.2) is 42.2 Å². The van der Waals surface area contributed by atoms with Crippen LogP contribution in [0.2, 0.25) is 0 Å². The minimum atomic E-state index is -0.824. The van der Waals surface area contributed by atoms with Crippen molar-refractivity contribution in [2.45, 2.75) is 32.8 Å². The molecular weight excluding hydrogens is 558 g/mol. The Labute approximate surface area is 207 Å². The Balaban J connectivity index is 2.05. The Hall–Kier alpha value is -2.72. The average molecular weight is 581 g/mol. The van der Waals surface area contributed by atoms with E-state index in [0.717, 1.165) is 4.47 Å². The van der Waals surface area contributed by atoms with Gasteiger partial charge in [0.1, 0.15) is 5.82 Å². The van der Waals surface area contributed by atoms with Crippen LogP contribution >= 0.6 is 31.9 Å². The number of hydrogen-bond donors (Lipinski definition) is 0. The molecule has 1 atom stereocenters. The van der Waals surface area contributed by atoms with Crippen molar-refractivity contribution >= 4 is 54.9 Å². The van der Waals surface area contributed by atoms with Crippen LogP contribution in [0.15, 0.2) is 49.2 Å². The summed E-state index contributed by atoms with van der Waals surface area (Å²) in [5.74, 6) is 0.748. The number of fused-ring (bicyclic) bond motifs is 1. The van der Waals surface area contributed by atoms with E-state index in [1.807, 2.05) is 19.9 Å². The Morgan fingerprint density at radius 3 is 2.52 bits per heavy atom. The van der Waals surface area contributed by atoms with Gasteiger partial charge < -0.3 is 14.2 Å². The van der Waals surface area contributed by atoms with Crippen LogP contribution in [0.3, 0.4) is 0 Å². The van der Waals surface area contributed by atoms with Gasteiger partial charge in [-0.1, -0.05) is 29.8 Å². The lowest BCUT2D eigenvalue weighted by atomic mass is 10.2. The average Bonchev–Trinajstić information content (AvgIpc) is 2.79. The van der Waals surface area contributed by atoms with E-state index in [9.17, 15) is 9.59 Å². The number of aromatic nitrogens is 2. The molecule has 0 radical (unpaired) electrons. The molecule has 0 aliphatic heterocycles. The maximum absolute atomic E-state index is 13.2. The van der Waals surface area contributed by atoms with E-state index in [-0.39, 0.29) is 11.5 Å². The maximum atomic E-state index is 13.2. The summed E-state index contributed by atoms with van der Waals surface area (Å²) in [5, 5.41) is 4.90. The van der Waals surface area contributed by atoms with Gasteiger partial charge in [-0.05, 0) is 58.7 Å². The third kappa shape index (κ3) is 5.44. The molecule has 0 saturated heterocycles. The molecule has 2 aromatic carbocycles. The number of hydrogen-bond acceptors (Lipinski definition) is 7. The van der Waals surface area contributed by atoms with Crippen molar-refractivity contribution < 1.29 is 19.0 Å². The highest BCUT2D eigenvalue weighted by atomic mass is 79.9. The Kier molecular flexibility index (Phi) is 7.91. The van der Waals surface area contributed by atoms with Gasteiger partial charge in [-0.15, -0.1) is 0 Å². The highest BCUT2D eigenvalue weighted by Gasteiger charge is 2.20. The predicted molar refractivity (Wildman–Crippen MR) is 134 cm³/mol. The number of rotatable bonds is 7. The second-order valence-corrected chi connectivity index (χ2v) is 9.24. The Morgan fingerprint density at radius 2 is 1.88 bits per heavy atom. The molecular formula is C23H23Br2N3O5. The monoisotopic (exact) mass is 579 g/mol. The van der Waals surface area contributed by atoms with E-state index in [0.29, 0.717) is 38.3 Å². The van der Waals surface area contributed by atoms with E-state index >= 15 is 0 Å². The normalized spacial score (nSPS) is 12.4. The number of carbonyl (C=O) groups excluding carboxylic acids is 1. The first-order valence-corrected chi connectivity index (χ1v) is 11.6. The minimum Gasteiger partial charge on any atom is -0.493 e. The lowest BCUT2D eigenvalue weighted by molar-refractivity contribution is -0.147. The largest absolute Gasteiger partial charge is 0.493 e. The van der Waals surface area contributed by atoms with E-state index in [2.05, 4.69) is 41.9 Å². The van der Waals surface area contributed by atoms with Crippen LogP contribution in [0.25, 0.3) is 10.9 Å². The van der Waals surface area contributed by atoms with Crippen molar-refractivity contribution in [3.63, 3.8) is 0 Å². The first kappa shape index (κ1) is 24.9. The number of carbonyl (C=O) groups is 1. The van der Waals surface area contributed by atoms with Crippen molar-refractivity contribution in [3.8, 4) is 11.5 Å². The SMILES string of the molecule is COC(=O)[C@H](C)Oc1c(Br)cc(C=Nn2c(C(C)C)nc3ccc(Br)cc3c2=O)cc1OC. The first-order chi connectivity index (χ1) is 15.7. The smallest absolute Gasteiger partial charge is 0.346 e. The number of nitrogens with zero attached hydrogens (tertiary/aromatic N) is 3. The van der Waals surface area contributed by atoms with Crippen molar-refractivity contribution in [3.05, 3.63) is 61.0 Å². The minimum absolute atomic E-state index is 0.0280. The molecule has 0 aliphatic carbocycles. The van der Waals surface area contributed by atoms with Gasteiger partial charge in [-0.2, -0.15) is 9.78 Å². The number of esters is 1. The second-order valence-electron chi connectivity index (χ2n) is 7.47. The van der Waals surface area contributed by atoms with Crippen LogP contribution in [0.4, 0.5) is 0 Å². The molecule has 8 nitrogen and oxygen atoms in total. The quantitative estimate of drug-likeness (QED) is 0.292. The lowest BCUT2D eigenvalue weighted by Gasteiger charge is -2.17. The van der Waals surface area contributed by atoms with Gasteiger partial charge in [0.05, 0.1) is 35.8 Å². The van der Waals surface area contributed by atoms with Crippen LogP contribution in [-0.2, 0) is 9.53 Å². The molecule has 0 amide bonds. The van der Waals surface area contributed by atoms with Crippen LogP contribution < -0.4 is 15.0 Å². The van der Waals surface area contributed by atoms with Gasteiger partial charge in [-0.3, -0.25) is 4.79 Å². The molecule has 0 aliphatic rings. The summed E-state index contributed by atoms with van der Waals surface area (Å²) in [6.07, 6.45) is 0.717. The summed E-state index contributed by atoms with van der Waals surface area (Å²) in [7, 11) is 2.78. The zero-order chi connectivity index (χ0) is 24.3. The summed E-state index contributed by atoms with van der Waals surface area (Å²) in [6.45, 7) is 5.48. The summed E-state index contributed by atoms with van der Waals surface area (Å²) in [6, 6.07) is 8.82. The van der Waals surface area contributed by atoms with Gasteiger partial charge in [0, 0.05) is 10.4 Å². The van der Waals surface area contributed by atoms with Gasteiger partial charge in [0.25, 0.3) is 5.56 Å². The third-order valence-corrected chi connectivity index (χ3v) is 5.83. The zero-order valence-corrected chi connectivity index (χ0v) is 21.9. The summed E-state index contributed by atoms with van der Waals surface area (Å²) < 4.78 is 18.5. The van der Waals surface area contributed by atoms with Crippen LogP contribution in [0.1, 0.15) is 38.1 Å². The molecule has 3 rings (SSSR count). The Bertz CT molecular complexity index is 1290. The van der Waals surface area contributed by atoms with E-state index in [4.69, 9.17) is 14.2 Å². The molecule has 0 saturated carbocycles. The van der Waals surface area contributed by atoms with Gasteiger partial charge >= 0.3 is 5.97 Å². The zero-order valence-electron chi connectivity index (χ0n) is 18.8. The van der Waals surface area contributed by atoms with Gasteiger partial charge in [0.15, 0.2) is 17.6 Å². The molecule has 0 N–H and O–H groups in total. The molecule has 174 valence electrons. The summed E-state index contributed by atoms with van der Waals surface area (Å²) in [5.41, 5.74) is 0.996. The van der Waals surface area contributed by atoms with Crippen molar-refractivity contribution in [1.29, 1.82) is 0 Å². The Morgan fingerprint density at radius 1 is 1.15 bits per heavy atom. The molecule has 1 aromatic heterocycles. The van der Waals surface area contributed by atoms with E-state index in [1.54, 1.807) is 37.4 Å². The number of halogens is 2. The molecule has 3 aromatic rings. The van der Waals surface area contributed by atoms with Gasteiger partial charge in [0.2, 0.25) is 0 Å². The second kappa shape index (κ2) is 10.5. The first-order valence-electron chi connectivity index (χ1n) is 10.0. The lowest BCUT2D eigenvalue weighted by Crippen LogP contribution is -2.25. The fraction of sp³-hybridized carbons (Fsp3) is 0.304. The predicted octanol–water partition coefficient (Wildman–Crippen LogP) is 4.88. The highest BCUT2D eigenvalue weighted by Crippen LogP contribution is 2.37. The molecule has 0 bridgehead atoms. The van der Waals surface area contributed by atoms with Gasteiger partial charge in [-0.25, -0.2) is 9.78 Å².